The Morgan fingerprint density at radius 3 is 1.92 bits per heavy atom. The second kappa shape index (κ2) is 2.12. The van der Waals surface area contributed by atoms with Gasteiger partial charge in [0.25, 0.3) is 0 Å². The molecule has 0 spiro atoms. The predicted molar refractivity (Wildman–Crippen MR) is 50.6 cm³/mol. The van der Waals surface area contributed by atoms with Gasteiger partial charge >= 0.3 is 0 Å². The van der Waals surface area contributed by atoms with Crippen molar-refractivity contribution >= 4 is 0 Å². The first-order chi connectivity index (χ1) is 5.86. The molecule has 0 heterocycles. The van der Waals surface area contributed by atoms with Crippen LogP contribution in [0.5, 0.6) is 0 Å². The highest BCUT2D eigenvalue weighted by Crippen LogP contribution is 2.48. The number of hydrogen-bond acceptors (Lipinski definition) is 0. The molecule has 5 rings (SSSR count). The van der Waals surface area contributed by atoms with Gasteiger partial charge in [0.15, 0.2) is 0 Å². The van der Waals surface area contributed by atoms with E-state index in [2.05, 4.69) is 30.9 Å². The molecular formula is C12H14. The largest absolute Gasteiger partial charge is 0.0986 e. The van der Waals surface area contributed by atoms with Gasteiger partial charge in [0.1, 0.15) is 0 Å². The number of hydrogen-bond donors (Lipinski definition) is 0. The van der Waals surface area contributed by atoms with E-state index in [4.69, 9.17) is 0 Å². The van der Waals surface area contributed by atoms with Gasteiger partial charge in [-0.25, -0.2) is 0 Å². The number of rotatable bonds is 0. The van der Waals surface area contributed by atoms with Gasteiger partial charge in [-0.3, -0.25) is 0 Å². The molecular weight excluding hydrogens is 144 g/mol. The smallest absolute Gasteiger partial charge is 0.00431 e. The molecule has 0 saturated heterocycles. The van der Waals surface area contributed by atoms with E-state index in [1.165, 1.54) is 18.4 Å². The summed E-state index contributed by atoms with van der Waals surface area (Å²) >= 11 is 0. The summed E-state index contributed by atoms with van der Waals surface area (Å²) in [7, 11) is 0. The standard InChI is InChI=1S/C12H14/c1-8-11-7-5-10-3-2-9(11)4-6-12(8)10/h4-7,9-12H,1-3H2. The summed E-state index contributed by atoms with van der Waals surface area (Å²) in [6.07, 6.45) is 12.4. The van der Waals surface area contributed by atoms with Crippen molar-refractivity contribution in [2.45, 2.75) is 12.8 Å². The van der Waals surface area contributed by atoms with Crippen molar-refractivity contribution in [1.82, 2.24) is 0 Å². The van der Waals surface area contributed by atoms with Crippen molar-refractivity contribution in [1.29, 1.82) is 0 Å². The predicted octanol–water partition coefficient (Wildman–Crippen LogP) is 2.94. The molecule has 1 fully saturated rings. The maximum absolute atomic E-state index is 4.24. The minimum atomic E-state index is 0.679. The highest BCUT2D eigenvalue weighted by Gasteiger charge is 2.38. The molecule has 5 aliphatic rings. The van der Waals surface area contributed by atoms with E-state index in [1.807, 2.05) is 0 Å². The first-order valence-corrected chi connectivity index (χ1v) is 4.91. The highest BCUT2D eigenvalue weighted by atomic mass is 14.4. The third kappa shape index (κ3) is 0.682. The third-order valence-electron chi connectivity index (χ3n) is 3.74. The second-order valence-corrected chi connectivity index (χ2v) is 4.30. The molecule has 4 bridgehead atoms. The lowest BCUT2D eigenvalue weighted by molar-refractivity contribution is 0.477. The Kier molecular flexibility index (Phi) is 1.19. The fourth-order valence-corrected chi connectivity index (χ4v) is 3.01. The minimum absolute atomic E-state index is 0.679. The molecule has 1 saturated carbocycles. The second-order valence-electron chi connectivity index (χ2n) is 4.30. The Hall–Kier alpha value is -0.780. The SMILES string of the molecule is C=C1C2C=CC3CCC2C=CC13. The molecule has 0 aromatic heterocycles. The lowest BCUT2D eigenvalue weighted by atomic mass is 9.71. The lowest BCUT2D eigenvalue weighted by Gasteiger charge is -2.33. The molecule has 0 N–H and O–H groups in total. The van der Waals surface area contributed by atoms with Crippen LogP contribution in [0.25, 0.3) is 0 Å². The van der Waals surface area contributed by atoms with Crippen molar-refractivity contribution in [3.05, 3.63) is 36.5 Å². The normalized spacial score (nSPS) is 48.5. The molecule has 4 atom stereocenters. The van der Waals surface area contributed by atoms with E-state index >= 15 is 0 Å². The summed E-state index contributed by atoms with van der Waals surface area (Å²) in [6, 6.07) is 0. The minimum Gasteiger partial charge on any atom is -0.0986 e. The fourth-order valence-electron chi connectivity index (χ4n) is 3.01. The van der Waals surface area contributed by atoms with Crippen LogP contribution < -0.4 is 0 Å². The quantitative estimate of drug-likeness (QED) is 0.475. The van der Waals surface area contributed by atoms with E-state index in [1.54, 1.807) is 0 Å². The Morgan fingerprint density at radius 2 is 1.42 bits per heavy atom. The van der Waals surface area contributed by atoms with E-state index in [0.29, 0.717) is 11.8 Å². The summed E-state index contributed by atoms with van der Waals surface area (Å²) in [6.45, 7) is 4.24. The lowest BCUT2D eigenvalue weighted by Crippen LogP contribution is -2.24. The summed E-state index contributed by atoms with van der Waals surface area (Å²) in [4.78, 5) is 0. The molecule has 12 heavy (non-hydrogen) atoms. The molecule has 0 aromatic rings. The van der Waals surface area contributed by atoms with Gasteiger partial charge in [-0.05, 0) is 24.7 Å². The topological polar surface area (TPSA) is 0 Å². The van der Waals surface area contributed by atoms with Crippen LogP contribution in [-0.2, 0) is 0 Å². The van der Waals surface area contributed by atoms with E-state index in [9.17, 15) is 0 Å². The molecule has 0 aromatic carbocycles. The van der Waals surface area contributed by atoms with E-state index in [-0.39, 0.29) is 0 Å². The van der Waals surface area contributed by atoms with Gasteiger partial charge in [-0.15, -0.1) is 0 Å². The van der Waals surface area contributed by atoms with Gasteiger partial charge in [-0.1, -0.05) is 36.5 Å². The summed E-state index contributed by atoms with van der Waals surface area (Å²) in [5, 5.41) is 0. The maximum Gasteiger partial charge on any atom is 0.00431 e. The fraction of sp³-hybridized carbons (Fsp3) is 0.500. The molecule has 0 nitrogen and oxygen atoms in total. The van der Waals surface area contributed by atoms with Gasteiger partial charge in [0.05, 0.1) is 0 Å². The van der Waals surface area contributed by atoms with Gasteiger partial charge in [0, 0.05) is 11.8 Å². The molecule has 5 aliphatic carbocycles. The molecule has 0 aliphatic heterocycles. The maximum atomic E-state index is 4.24. The molecule has 0 heteroatoms. The Bertz CT molecular complexity index is 254. The first-order valence-electron chi connectivity index (χ1n) is 4.91. The van der Waals surface area contributed by atoms with Crippen LogP contribution >= 0.6 is 0 Å². The van der Waals surface area contributed by atoms with Crippen LogP contribution in [0, 0.1) is 23.7 Å². The van der Waals surface area contributed by atoms with Crippen molar-refractivity contribution in [3.8, 4) is 0 Å². The van der Waals surface area contributed by atoms with Gasteiger partial charge in [0.2, 0.25) is 0 Å². The van der Waals surface area contributed by atoms with Crippen LogP contribution in [0.2, 0.25) is 0 Å². The summed E-state index contributed by atoms with van der Waals surface area (Å²) in [5.74, 6) is 2.91. The first kappa shape index (κ1) is 6.71. The molecule has 0 amide bonds. The van der Waals surface area contributed by atoms with E-state index < -0.39 is 0 Å². The van der Waals surface area contributed by atoms with E-state index in [0.717, 1.165) is 11.8 Å². The molecule has 62 valence electrons. The Labute approximate surface area is 73.7 Å². The van der Waals surface area contributed by atoms with Gasteiger partial charge in [-0.2, -0.15) is 0 Å². The number of allylic oxidation sites excluding steroid dienone is 5. The Balaban J connectivity index is 2.18. The zero-order valence-corrected chi connectivity index (χ0v) is 7.24. The molecule has 0 radical (unpaired) electrons. The van der Waals surface area contributed by atoms with Crippen molar-refractivity contribution in [2.75, 3.05) is 0 Å². The van der Waals surface area contributed by atoms with Gasteiger partial charge < -0.3 is 0 Å². The van der Waals surface area contributed by atoms with Crippen LogP contribution in [0.1, 0.15) is 12.8 Å². The van der Waals surface area contributed by atoms with Crippen LogP contribution in [0.3, 0.4) is 0 Å². The van der Waals surface area contributed by atoms with Crippen molar-refractivity contribution in [3.63, 3.8) is 0 Å². The monoisotopic (exact) mass is 158 g/mol. The zero-order valence-electron chi connectivity index (χ0n) is 7.24. The van der Waals surface area contributed by atoms with Crippen molar-refractivity contribution in [2.24, 2.45) is 23.7 Å². The van der Waals surface area contributed by atoms with Crippen LogP contribution in [0.15, 0.2) is 36.5 Å². The highest BCUT2D eigenvalue weighted by molar-refractivity contribution is 5.33. The summed E-state index contributed by atoms with van der Waals surface area (Å²) in [5.41, 5.74) is 1.48. The zero-order chi connectivity index (χ0) is 8.13. The van der Waals surface area contributed by atoms with Crippen LogP contribution in [0.4, 0.5) is 0 Å². The Morgan fingerprint density at radius 1 is 0.917 bits per heavy atom. The summed E-state index contributed by atoms with van der Waals surface area (Å²) < 4.78 is 0. The third-order valence-corrected chi connectivity index (χ3v) is 3.74. The average Bonchev–Trinajstić information content (AvgIpc) is 2.39. The average molecular weight is 158 g/mol. The molecule has 4 unspecified atom stereocenters. The van der Waals surface area contributed by atoms with Crippen LogP contribution in [-0.4, -0.2) is 0 Å². The van der Waals surface area contributed by atoms with Crippen molar-refractivity contribution < 1.29 is 0 Å².